The van der Waals surface area contributed by atoms with E-state index in [-0.39, 0.29) is 5.82 Å². The van der Waals surface area contributed by atoms with Gasteiger partial charge in [-0.05, 0) is 48.4 Å². The summed E-state index contributed by atoms with van der Waals surface area (Å²) in [5.41, 5.74) is 6.89. The van der Waals surface area contributed by atoms with E-state index in [4.69, 9.17) is 4.74 Å². The van der Waals surface area contributed by atoms with Crippen molar-refractivity contribution in [1.82, 2.24) is 35.1 Å². The Bertz CT molecular complexity index is 1690. The summed E-state index contributed by atoms with van der Waals surface area (Å²) in [4.78, 5) is 21.2. The molecule has 5 heterocycles. The second-order valence-electron chi connectivity index (χ2n) is 7.91. The number of aromatic amines is 2. The van der Waals surface area contributed by atoms with Crippen molar-refractivity contribution in [2.45, 2.75) is 6.92 Å². The third kappa shape index (κ3) is 3.25. The number of nitrogens with zero attached hydrogens (tertiary/aromatic N) is 5. The number of halogens is 1. The standard InChI is InChI=1S/C25H18FN7O/c1-13-3-5-27-12-20(13)15-9-19-22(32-33-23(19)29-11-15)25-30-21-18(4-6-28-24(21)31-25)14-7-16(26)10-17(8-14)34-2/h3-12H,1-2H3,(H,28,30,31)(H,29,32,33). The van der Waals surface area contributed by atoms with Gasteiger partial charge in [-0.1, -0.05) is 0 Å². The van der Waals surface area contributed by atoms with Gasteiger partial charge in [0, 0.05) is 47.5 Å². The number of hydrogen-bond donors (Lipinski definition) is 2. The van der Waals surface area contributed by atoms with Gasteiger partial charge in [0.1, 0.15) is 17.3 Å². The Hall–Kier alpha value is -4.66. The number of methoxy groups -OCH3 is 1. The minimum atomic E-state index is -0.386. The fraction of sp³-hybridized carbons (Fsp3) is 0.0800. The van der Waals surface area contributed by atoms with Gasteiger partial charge in [-0.15, -0.1) is 0 Å². The molecule has 0 unspecified atom stereocenters. The molecule has 0 aliphatic rings. The van der Waals surface area contributed by atoms with E-state index in [1.807, 2.05) is 31.3 Å². The molecule has 166 valence electrons. The quantitative estimate of drug-likeness (QED) is 0.387. The number of benzene rings is 1. The third-order valence-corrected chi connectivity index (χ3v) is 5.81. The number of hydrogen-bond acceptors (Lipinski definition) is 6. The summed E-state index contributed by atoms with van der Waals surface area (Å²) in [6.45, 7) is 2.03. The number of fused-ring (bicyclic) bond motifs is 2. The topological polar surface area (TPSA) is 105 Å². The first-order valence-corrected chi connectivity index (χ1v) is 10.6. The van der Waals surface area contributed by atoms with Crippen LogP contribution in [0.3, 0.4) is 0 Å². The summed E-state index contributed by atoms with van der Waals surface area (Å²) in [6.07, 6.45) is 7.02. The van der Waals surface area contributed by atoms with Gasteiger partial charge < -0.3 is 9.72 Å². The monoisotopic (exact) mass is 451 g/mol. The predicted molar refractivity (Wildman–Crippen MR) is 127 cm³/mol. The van der Waals surface area contributed by atoms with Crippen molar-refractivity contribution in [3.8, 4) is 39.5 Å². The molecule has 0 atom stereocenters. The average molecular weight is 451 g/mol. The molecule has 5 aromatic heterocycles. The van der Waals surface area contributed by atoms with Gasteiger partial charge >= 0.3 is 0 Å². The van der Waals surface area contributed by atoms with Crippen molar-refractivity contribution in [3.63, 3.8) is 0 Å². The number of pyridine rings is 3. The first-order chi connectivity index (χ1) is 16.6. The van der Waals surface area contributed by atoms with E-state index in [1.54, 1.807) is 24.7 Å². The van der Waals surface area contributed by atoms with Crippen LogP contribution in [0.5, 0.6) is 5.75 Å². The lowest BCUT2D eigenvalue weighted by Crippen LogP contribution is -1.88. The lowest BCUT2D eigenvalue weighted by molar-refractivity contribution is 0.411. The number of H-pyrrole nitrogens is 2. The fourth-order valence-electron chi connectivity index (χ4n) is 4.10. The molecule has 2 N–H and O–H groups in total. The smallest absolute Gasteiger partial charge is 0.181 e. The number of aromatic nitrogens is 7. The Morgan fingerprint density at radius 2 is 1.82 bits per heavy atom. The lowest BCUT2D eigenvalue weighted by Gasteiger charge is -2.06. The first kappa shape index (κ1) is 20.0. The molecule has 8 nitrogen and oxygen atoms in total. The Labute approximate surface area is 192 Å². The van der Waals surface area contributed by atoms with Crippen molar-refractivity contribution < 1.29 is 9.13 Å². The molecule has 0 spiro atoms. The van der Waals surface area contributed by atoms with Crippen LogP contribution in [0, 0.1) is 12.7 Å². The number of nitrogens with one attached hydrogen (secondary N) is 2. The Morgan fingerprint density at radius 1 is 0.912 bits per heavy atom. The van der Waals surface area contributed by atoms with E-state index in [0.717, 1.165) is 27.6 Å². The summed E-state index contributed by atoms with van der Waals surface area (Å²) in [5, 5.41) is 8.19. The van der Waals surface area contributed by atoms with Crippen LogP contribution < -0.4 is 4.74 Å². The molecule has 6 aromatic rings. The van der Waals surface area contributed by atoms with Gasteiger partial charge in [-0.3, -0.25) is 10.1 Å². The molecule has 0 amide bonds. The number of aryl methyl sites for hydroxylation is 1. The Kier molecular flexibility index (Phi) is 4.54. The molecule has 0 saturated heterocycles. The van der Waals surface area contributed by atoms with Gasteiger partial charge in [0.15, 0.2) is 17.1 Å². The molecule has 0 aliphatic heterocycles. The largest absolute Gasteiger partial charge is 0.497 e. The lowest BCUT2D eigenvalue weighted by atomic mass is 10.0. The highest BCUT2D eigenvalue weighted by Crippen LogP contribution is 2.33. The minimum Gasteiger partial charge on any atom is -0.497 e. The third-order valence-electron chi connectivity index (χ3n) is 5.81. The summed E-state index contributed by atoms with van der Waals surface area (Å²) in [5.74, 6) is 0.606. The van der Waals surface area contributed by atoms with Crippen LogP contribution >= 0.6 is 0 Å². The fourth-order valence-corrected chi connectivity index (χ4v) is 4.10. The van der Waals surface area contributed by atoms with Gasteiger partial charge in [0.05, 0.1) is 18.0 Å². The number of ether oxygens (including phenoxy) is 1. The molecule has 0 aliphatic carbocycles. The molecule has 0 radical (unpaired) electrons. The zero-order valence-electron chi connectivity index (χ0n) is 18.3. The van der Waals surface area contributed by atoms with E-state index in [0.29, 0.717) is 39.6 Å². The van der Waals surface area contributed by atoms with E-state index < -0.39 is 0 Å². The maximum Gasteiger partial charge on any atom is 0.181 e. The van der Waals surface area contributed by atoms with Crippen molar-refractivity contribution in [2.75, 3.05) is 7.11 Å². The highest BCUT2D eigenvalue weighted by Gasteiger charge is 2.17. The van der Waals surface area contributed by atoms with Crippen LogP contribution in [0.15, 0.2) is 61.2 Å². The molecule has 0 fully saturated rings. The van der Waals surface area contributed by atoms with E-state index in [9.17, 15) is 4.39 Å². The molecule has 9 heteroatoms. The molecule has 0 saturated carbocycles. The number of rotatable bonds is 4. The predicted octanol–water partition coefficient (Wildman–Crippen LogP) is 5.08. The maximum atomic E-state index is 14.2. The van der Waals surface area contributed by atoms with Gasteiger partial charge in [0.2, 0.25) is 0 Å². The van der Waals surface area contributed by atoms with Crippen molar-refractivity contribution in [1.29, 1.82) is 0 Å². The van der Waals surface area contributed by atoms with Crippen LogP contribution in [0.25, 0.3) is 56.0 Å². The van der Waals surface area contributed by atoms with Crippen LogP contribution in [0.4, 0.5) is 4.39 Å². The zero-order valence-corrected chi connectivity index (χ0v) is 18.3. The van der Waals surface area contributed by atoms with E-state index in [2.05, 4.69) is 35.1 Å². The second kappa shape index (κ2) is 7.73. The molecule has 6 rings (SSSR count). The maximum absolute atomic E-state index is 14.2. The molecule has 0 bridgehead atoms. The minimum absolute atomic E-state index is 0.386. The van der Waals surface area contributed by atoms with Crippen molar-refractivity contribution in [2.24, 2.45) is 0 Å². The van der Waals surface area contributed by atoms with Crippen molar-refractivity contribution in [3.05, 3.63) is 72.6 Å². The highest BCUT2D eigenvalue weighted by molar-refractivity contribution is 5.96. The molecular weight excluding hydrogens is 433 g/mol. The van der Waals surface area contributed by atoms with Gasteiger partial charge in [0.25, 0.3) is 0 Å². The molecule has 34 heavy (non-hydrogen) atoms. The van der Waals surface area contributed by atoms with Crippen LogP contribution in [0.1, 0.15) is 5.56 Å². The number of imidazole rings is 1. The highest BCUT2D eigenvalue weighted by atomic mass is 19.1. The van der Waals surface area contributed by atoms with E-state index in [1.165, 1.54) is 19.2 Å². The molecule has 1 aromatic carbocycles. The summed E-state index contributed by atoms with van der Waals surface area (Å²) < 4.78 is 19.4. The second-order valence-corrected chi connectivity index (χ2v) is 7.91. The average Bonchev–Trinajstić information content (AvgIpc) is 3.47. The first-order valence-electron chi connectivity index (χ1n) is 10.6. The summed E-state index contributed by atoms with van der Waals surface area (Å²) >= 11 is 0. The van der Waals surface area contributed by atoms with Gasteiger partial charge in [-0.25, -0.2) is 19.3 Å². The van der Waals surface area contributed by atoms with Crippen LogP contribution in [-0.4, -0.2) is 42.2 Å². The zero-order chi connectivity index (χ0) is 23.2. The van der Waals surface area contributed by atoms with Crippen LogP contribution in [-0.2, 0) is 0 Å². The summed E-state index contributed by atoms with van der Waals surface area (Å²) in [6, 6.07) is 10.4. The van der Waals surface area contributed by atoms with Gasteiger partial charge in [-0.2, -0.15) is 5.10 Å². The Balaban J connectivity index is 1.51. The molecular formula is C25H18FN7O. The Morgan fingerprint density at radius 3 is 2.68 bits per heavy atom. The SMILES string of the molecule is COc1cc(F)cc(-c2ccnc3nc(-c4[nH]nc5ncc(-c6cnccc6C)cc45)[nH]c23)c1. The summed E-state index contributed by atoms with van der Waals surface area (Å²) in [7, 11) is 1.51. The van der Waals surface area contributed by atoms with Crippen molar-refractivity contribution >= 4 is 22.2 Å². The normalized spacial score (nSPS) is 11.4. The van der Waals surface area contributed by atoms with Crippen LogP contribution in [0.2, 0.25) is 0 Å². The van der Waals surface area contributed by atoms with E-state index >= 15 is 0 Å².